The summed E-state index contributed by atoms with van der Waals surface area (Å²) in [6.45, 7) is 1.09. The van der Waals surface area contributed by atoms with E-state index in [1.54, 1.807) is 12.1 Å². The fourth-order valence-corrected chi connectivity index (χ4v) is 2.50. The second-order valence-electron chi connectivity index (χ2n) is 5.54. The Hall–Kier alpha value is -3.29. The van der Waals surface area contributed by atoms with Crippen molar-refractivity contribution in [3.05, 3.63) is 42.2 Å². The van der Waals surface area contributed by atoms with Crippen LogP contribution in [0, 0.1) is 5.82 Å². The summed E-state index contributed by atoms with van der Waals surface area (Å²) in [5, 5.41) is 2.69. The molecule has 0 unspecified atom stereocenters. The first kappa shape index (κ1) is 20.0. The second-order valence-corrected chi connectivity index (χ2v) is 5.54. The minimum Gasteiger partial charge on any atom is -0.493 e. The molecule has 2 aromatic rings. The predicted octanol–water partition coefficient (Wildman–Crippen LogP) is 2.84. The van der Waals surface area contributed by atoms with Gasteiger partial charge in [0.25, 0.3) is 0 Å². The van der Waals surface area contributed by atoms with Crippen LogP contribution in [0.25, 0.3) is 0 Å². The van der Waals surface area contributed by atoms with Crippen LogP contribution < -0.4 is 24.4 Å². The van der Waals surface area contributed by atoms with Crippen molar-refractivity contribution >= 4 is 23.2 Å². The Bertz CT molecular complexity index is 798. The van der Waals surface area contributed by atoms with Crippen molar-refractivity contribution in [2.24, 2.45) is 0 Å². The highest BCUT2D eigenvalue weighted by Crippen LogP contribution is 2.39. The number of carbonyl (C=O) groups excluding carboxylic acids is 2. The normalized spacial score (nSPS) is 10.1. The van der Waals surface area contributed by atoms with E-state index >= 15 is 0 Å². The van der Waals surface area contributed by atoms with Gasteiger partial charge in [-0.3, -0.25) is 9.59 Å². The van der Waals surface area contributed by atoms with Gasteiger partial charge in [-0.15, -0.1) is 0 Å². The molecule has 27 heavy (non-hydrogen) atoms. The van der Waals surface area contributed by atoms with Gasteiger partial charge in [0.05, 0.1) is 21.3 Å². The minimum atomic E-state index is -0.441. The van der Waals surface area contributed by atoms with Gasteiger partial charge in [-0.1, -0.05) is 0 Å². The van der Waals surface area contributed by atoms with Crippen molar-refractivity contribution in [3.63, 3.8) is 0 Å². The molecule has 2 aromatic carbocycles. The Morgan fingerprint density at radius 1 is 1.00 bits per heavy atom. The average molecular weight is 376 g/mol. The lowest BCUT2D eigenvalue weighted by molar-refractivity contribution is -0.120. The predicted molar refractivity (Wildman–Crippen MR) is 99.2 cm³/mol. The van der Waals surface area contributed by atoms with Crippen molar-refractivity contribution in [1.29, 1.82) is 0 Å². The van der Waals surface area contributed by atoms with E-state index in [0.717, 1.165) is 0 Å². The first-order valence-corrected chi connectivity index (χ1v) is 8.03. The van der Waals surface area contributed by atoms with Gasteiger partial charge in [0, 0.05) is 30.4 Å². The maximum Gasteiger partial charge on any atom is 0.244 e. The maximum atomic E-state index is 13.1. The van der Waals surface area contributed by atoms with Gasteiger partial charge in [-0.2, -0.15) is 0 Å². The van der Waals surface area contributed by atoms with Gasteiger partial charge in [-0.05, 0) is 24.3 Å². The van der Waals surface area contributed by atoms with Crippen molar-refractivity contribution in [1.82, 2.24) is 0 Å². The van der Waals surface area contributed by atoms with Gasteiger partial charge >= 0.3 is 0 Å². The van der Waals surface area contributed by atoms with Gasteiger partial charge in [0.1, 0.15) is 12.4 Å². The van der Waals surface area contributed by atoms with Crippen LogP contribution in [0.1, 0.15) is 6.92 Å². The standard InChI is InChI=1S/C19H21FN2O5/c1-12(23)22(15-7-5-13(20)6-8-15)11-18(24)21-14-9-16(25-2)19(27-4)17(10-14)26-3/h5-10H,11H2,1-4H3,(H,21,24). The summed E-state index contributed by atoms with van der Waals surface area (Å²) in [6.07, 6.45) is 0. The Kier molecular flexibility index (Phi) is 6.59. The zero-order chi connectivity index (χ0) is 20.0. The molecule has 0 fully saturated rings. The molecule has 0 bridgehead atoms. The Morgan fingerprint density at radius 2 is 1.56 bits per heavy atom. The van der Waals surface area contributed by atoms with Crippen LogP contribution in [-0.2, 0) is 9.59 Å². The monoisotopic (exact) mass is 376 g/mol. The molecule has 0 atom stereocenters. The van der Waals surface area contributed by atoms with E-state index in [9.17, 15) is 14.0 Å². The summed E-state index contributed by atoms with van der Waals surface area (Å²) in [5.41, 5.74) is 0.834. The Labute approximate surface area is 156 Å². The topological polar surface area (TPSA) is 77.1 Å². The van der Waals surface area contributed by atoms with Crippen molar-refractivity contribution in [3.8, 4) is 17.2 Å². The molecular weight excluding hydrogens is 355 g/mol. The second kappa shape index (κ2) is 8.88. The molecule has 0 aliphatic heterocycles. The molecular formula is C19H21FN2O5. The van der Waals surface area contributed by atoms with E-state index in [1.807, 2.05) is 0 Å². The van der Waals surface area contributed by atoms with Crippen LogP contribution in [0.3, 0.4) is 0 Å². The third-order valence-corrected chi connectivity index (χ3v) is 3.77. The molecule has 0 radical (unpaired) electrons. The van der Waals surface area contributed by atoms with Gasteiger partial charge in [0.15, 0.2) is 11.5 Å². The zero-order valence-electron chi connectivity index (χ0n) is 15.5. The molecule has 8 heteroatoms. The quantitative estimate of drug-likeness (QED) is 0.804. The number of amides is 2. The summed E-state index contributed by atoms with van der Waals surface area (Å²) in [6, 6.07) is 8.47. The number of halogens is 1. The molecule has 0 aromatic heterocycles. The molecule has 0 spiro atoms. The largest absolute Gasteiger partial charge is 0.493 e. The van der Waals surface area contributed by atoms with Gasteiger partial charge in [0.2, 0.25) is 17.6 Å². The van der Waals surface area contributed by atoms with Gasteiger partial charge < -0.3 is 24.4 Å². The molecule has 0 saturated carbocycles. The van der Waals surface area contributed by atoms with E-state index in [4.69, 9.17) is 14.2 Å². The highest BCUT2D eigenvalue weighted by atomic mass is 19.1. The van der Waals surface area contributed by atoms with Crippen LogP contribution in [0.2, 0.25) is 0 Å². The van der Waals surface area contributed by atoms with Crippen molar-refractivity contribution < 1.29 is 28.2 Å². The number of ether oxygens (including phenoxy) is 3. The fourth-order valence-electron chi connectivity index (χ4n) is 2.50. The summed E-state index contributed by atoms with van der Waals surface area (Å²) in [4.78, 5) is 25.6. The molecule has 0 saturated heterocycles. The third kappa shape index (κ3) is 4.87. The number of carbonyl (C=O) groups is 2. The number of nitrogens with zero attached hydrogens (tertiary/aromatic N) is 1. The molecule has 7 nitrogen and oxygen atoms in total. The number of methoxy groups -OCH3 is 3. The van der Waals surface area contributed by atoms with Crippen LogP contribution in [0.4, 0.5) is 15.8 Å². The number of benzene rings is 2. The summed E-state index contributed by atoms with van der Waals surface area (Å²) in [5.74, 6) is -0.0486. The number of anilines is 2. The average Bonchev–Trinajstić information content (AvgIpc) is 2.65. The van der Waals surface area contributed by atoms with Crippen LogP contribution >= 0.6 is 0 Å². The van der Waals surface area contributed by atoms with E-state index in [0.29, 0.717) is 28.6 Å². The molecule has 1 N–H and O–H groups in total. The number of hydrogen-bond acceptors (Lipinski definition) is 5. The van der Waals surface area contributed by atoms with Crippen LogP contribution in [0.5, 0.6) is 17.2 Å². The SMILES string of the molecule is COc1cc(NC(=O)CN(C(C)=O)c2ccc(F)cc2)cc(OC)c1OC. The molecule has 0 aliphatic carbocycles. The maximum absolute atomic E-state index is 13.1. The van der Waals surface area contributed by atoms with Crippen LogP contribution in [0.15, 0.2) is 36.4 Å². The summed E-state index contributed by atoms with van der Waals surface area (Å²) < 4.78 is 28.8. The van der Waals surface area contributed by atoms with Gasteiger partial charge in [-0.25, -0.2) is 4.39 Å². The lowest BCUT2D eigenvalue weighted by Gasteiger charge is -2.21. The summed E-state index contributed by atoms with van der Waals surface area (Å²) in [7, 11) is 4.41. The number of rotatable bonds is 7. The van der Waals surface area contributed by atoms with E-state index in [2.05, 4.69) is 5.32 Å². The highest BCUT2D eigenvalue weighted by Gasteiger charge is 2.18. The molecule has 2 amide bonds. The first-order chi connectivity index (χ1) is 12.9. The highest BCUT2D eigenvalue weighted by molar-refractivity contribution is 6.02. The molecule has 0 heterocycles. The lowest BCUT2D eigenvalue weighted by atomic mass is 10.2. The van der Waals surface area contributed by atoms with E-state index < -0.39 is 11.7 Å². The molecule has 2 rings (SSSR count). The summed E-state index contributed by atoms with van der Waals surface area (Å²) >= 11 is 0. The smallest absolute Gasteiger partial charge is 0.244 e. The number of nitrogens with one attached hydrogen (secondary N) is 1. The molecule has 0 aliphatic rings. The lowest BCUT2D eigenvalue weighted by Crippen LogP contribution is -2.36. The van der Waals surface area contributed by atoms with Crippen LogP contribution in [-0.4, -0.2) is 39.7 Å². The Balaban J connectivity index is 2.20. The number of hydrogen-bond donors (Lipinski definition) is 1. The first-order valence-electron chi connectivity index (χ1n) is 8.03. The fraction of sp³-hybridized carbons (Fsp3) is 0.263. The third-order valence-electron chi connectivity index (χ3n) is 3.77. The molecule has 144 valence electrons. The zero-order valence-corrected chi connectivity index (χ0v) is 15.5. The van der Waals surface area contributed by atoms with Crippen molar-refractivity contribution in [2.75, 3.05) is 38.1 Å². The van der Waals surface area contributed by atoms with E-state index in [1.165, 1.54) is 57.4 Å². The van der Waals surface area contributed by atoms with E-state index in [-0.39, 0.29) is 12.5 Å². The Morgan fingerprint density at radius 3 is 2.00 bits per heavy atom. The van der Waals surface area contributed by atoms with Crippen molar-refractivity contribution in [2.45, 2.75) is 6.92 Å². The minimum absolute atomic E-state index is 0.238.